The molecule has 0 radical (unpaired) electrons. The van der Waals surface area contributed by atoms with E-state index in [1.807, 2.05) is 0 Å². The second kappa shape index (κ2) is 8.58. The molecule has 4 heteroatoms. The molecule has 2 aromatic rings. The average Bonchev–Trinajstić information content (AvgIpc) is 3.17. The number of ether oxygens (including phenoxy) is 1. The van der Waals surface area contributed by atoms with Crippen LogP contribution in [0.15, 0.2) is 36.4 Å². The van der Waals surface area contributed by atoms with Gasteiger partial charge in [0.15, 0.2) is 0 Å². The molecule has 1 saturated heterocycles. The lowest BCUT2D eigenvalue weighted by Gasteiger charge is -2.37. The minimum atomic E-state index is -0.672. The topological polar surface area (TPSA) is 49.8 Å². The Morgan fingerprint density at radius 2 is 1.87 bits per heavy atom. The SMILES string of the molecule is CC(C)(C)C1CCC(Oc2cccc3cc(CN4CCC(C(=O)O)C4)ccc23)CC1. The molecule has 1 heterocycles. The quantitative estimate of drug-likeness (QED) is 0.685. The van der Waals surface area contributed by atoms with Gasteiger partial charge in [-0.3, -0.25) is 9.69 Å². The number of nitrogens with zero attached hydrogens (tertiary/aromatic N) is 1. The summed E-state index contributed by atoms with van der Waals surface area (Å²) in [5.74, 6) is 0.886. The molecule has 1 unspecified atom stereocenters. The highest BCUT2D eigenvalue weighted by Gasteiger charge is 2.31. The normalized spacial score (nSPS) is 25.5. The van der Waals surface area contributed by atoms with Crippen LogP contribution in [0.1, 0.15) is 58.4 Å². The summed E-state index contributed by atoms with van der Waals surface area (Å²) in [6.07, 6.45) is 5.82. The molecule has 1 N–H and O–H groups in total. The first-order valence-electron chi connectivity index (χ1n) is 11.4. The fourth-order valence-corrected chi connectivity index (χ4v) is 5.17. The summed E-state index contributed by atoms with van der Waals surface area (Å²) in [4.78, 5) is 13.4. The molecule has 2 fully saturated rings. The molecule has 0 aromatic heterocycles. The molecule has 2 aliphatic rings. The third-order valence-electron chi connectivity index (χ3n) is 7.13. The van der Waals surface area contributed by atoms with Crippen molar-refractivity contribution in [3.05, 3.63) is 42.0 Å². The van der Waals surface area contributed by atoms with Gasteiger partial charge >= 0.3 is 5.97 Å². The van der Waals surface area contributed by atoms with Gasteiger partial charge in [0.25, 0.3) is 0 Å². The van der Waals surface area contributed by atoms with Crippen molar-refractivity contribution in [2.24, 2.45) is 17.3 Å². The summed E-state index contributed by atoms with van der Waals surface area (Å²) in [5.41, 5.74) is 1.62. The number of carboxylic acid groups (broad SMARTS) is 1. The predicted molar refractivity (Wildman–Crippen MR) is 121 cm³/mol. The maximum absolute atomic E-state index is 11.2. The summed E-state index contributed by atoms with van der Waals surface area (Å²) in [6, 6.07) is 12.9. The summed E-state index contributed by atoms with van der Waals surface area (Å²) in [5, 5.41) is 11.6. The van der Waals surface area contributed by atoms with Gasteiger partial charge in [-0.25, -0.2) is 0 Å². The first-order valence-corrected chi connectivity index (χ1v) is 11.4. The molecule has 0 spiro atoms. The van der Waals surface area contributed by atoms with Crippen molar-refractivity contribution in [2.45, 2.75) is 65.5 Å². The van der Waals surface area contributed by atoms with Crippen molar-refractivity contribution in [2.75, 3.05) is 13.1 Å². The van der Waals surface area contributed by atoms with E-state index in [-0.39, 0.29) is 5.92 Å². The molecule has 0 bridgehead atoms. The van der Waals surface area contributed by atoms with Gasteiger partial charge in [-0.15, -0.1) is 0 Å². The number of hydrogen-bond acceptors (Lipinski definition) is 3. The lowest BCUT2D eigenvalue weighted by molar-refractivity contribution is -0.141. The predicted octanol–water partition coefficient (Wildman–Crippen LogP) is 5.73. The van der Waals surface area contributed by atoms with Crippen LogP contribution in [0.5, 0.6) is 5.75 Å². The van der Waals surface area contributed by atoms with E-state index in [0.717, 1.165) is 44.0 Å². The van der Waals surface area contributed by atoms with Crippen molar-refractivity contribution in [3.63, 3.8) is 0 Å². The highest BCUT2D eigenvalue weighted by molar-refractivity contribution is 5.88. The monoisotopic (exact) mass is 409 g/mol. The summed E-state index contributed by atoms with van der Waals surface area (Å²) in [7, 11) is 0. The van der Waals surface area contributed by atoms with Gasteiger partial charge < -0.3 is 9.84 Å². The molecule has 2 aromatic carbocycles. The number of benzene rings is 2. The van der Waals surface area contributed by atoms with Crippen molar-refractivity contribution in [1.82, 2.24) is 4.90 Å². The fourth-order valence-electron chi connectivity index (χ4n) is 5.17. The molecule has 30 heavy (non-hydrogen) atoms. The Bertz CT molecular complexity index is 893. The van der Waals surface area contributed by atoms with Crippen molar-refractivity contribution in [3.8, 4) is 5.75 Å². The summed E-state index contributed by atoms with van der Waals surface area (Å²) >= 11 is 0. The van der Waals surface area contributed by atoms with Gasteiger partial charge in [0.1, 0.15) is 5.75 Å². The van der Waals surface area contributed by atoms with E-state index in [9.17, 15) is 9.90 Å². The first kappa shape index (κ1) is 21.2. The van der Waals surface area contributed by atoms with Crippen LogP contribution in [-0.2, 0) is 11.3 Å². The first-order chi connectivity index (χ1) is 14.3. The van der Waals surface area contributed by atoms with Gasteiger partial charge in [0.05, 0.1) is 12.0 Å². The molecule has 1 saturated carbocycles. The number of carbonyl (C=O) groups is 1. The molecule has 1 aliphatic carbocycles. The molecule has 1 atom stereocenters. The molecule has 0 amide bonds. The second-order valence-electron chi connectivity index (χ2n) is 10.3. The van der Waals surface area contributed by atoms with Crippen LogP contribution in [0.2, 0.25) is 0 Å². The molecular weight excluding hydrogens is 374 g/mol. The number of likely N-dealkylation sites (tertiary alicyclic amines) is 1. The van der Waals surface area contributed by atoms with E-state index in [1.165, 1.54) is 29.2 Å². The number of aliphatic carboxylic acids is 1. The van der Waals surface area contributed by atoms with Crippen molar-refractivity contribution < 1.29 is 14.6 Å². The third kappa shape index (κ3) is 4.80. The molecule has 4 rings (SSSR count). The summed E-state index contributed by atoms with van der Waals surface area (Å²) in [6.45, 7) is 9.37. The Morgan fingerprint density at radius 3 is 2.53 bits per heavy atom. The van der Waals surface area contributed by atoms with Gasteiger partial charge in [0.2, 0.25) is 0 Å². The zero-order valence-electron chi connectivity index (χ0n) is 18.6. The van der Waals surface area contributed by atoms with Crippen LogP contribution >= 0.6 is 0 Å². The fraction of sp³-hybridized carbons (Fsp3) is 0.577. The van der Waals surface area contributed by atoms with E-state index in [2.05, 4.69) is 62.1 Å². The zero-order valence-corrected chi connectivity index (χ0v) is 18.6. The van der Waals surface area contributed by atoms with Gasteiger partial charge in [-0.2, -0.15) is 0 Å². The van der Waals surface area contributed by atoms with E-state index < -0.39 is 5.97 Å². The largest absolute Gasteiger partial charge is 0.490 e. The van der Waals surface area contributed by atoms with Crippen LogP contribution in [0.3, 0.4) is 0 Å². The highest BCUT2D eigenvalue weighted by Crippen LogP contribution is 2.39. The number of hydrogen-bond donors (Lipinski definition) is 1. The second-order valence-corrected chi connectivity index (χ2v) is 10.3. The van der Waals surface area contributed by atoms with E-state index in [1.54, 1.807) is 0 Å². The van der Waals surface area contributed by atoms with Crippen molar-refractivity contribution in [1.29, 1.82) is 0 Å². The van der Waals surface area contributed by atoms with Crippen LogP contribution in [0.25, 0.3) is 10.8 Å². The maximum Gasteiger partial charge on any atom is 0.307 e. The Morgan fingerprint density at radius 1 is 1.10 bits per heavy atom. The Balaban J connectivity index is 1.42. The van der Waals surface area contributed by atoms with Crippen LogP contribution in [0, 0.1) is 17.3 Å². The zero-order chi connectivity index (χ0) is 21.3. The standard InChI is InChI=1S/C26H35NO3/c1-26(2,3)21-8-10-22(11-9-21)30-24-6-4-5-19-15-18(7-12-23(19)24)16-27-14-13-20(17-27)25(28)29/h4-7,12,15,20-22H,8-11,13-14,16-17H2,1-3H3,(H,28,29). The van der Waals surface area contributed by atoms with Gasteiger partial charge in [0, 0.05) is 18.5 Å². The molecule has 162 valence electrons. The van der Waals surface area contributed by atoms with Crippen LogP contribution < -0.4 is 4.74 Å². The van der Waals surface area contributed by atoms with E-state index in [0.29, 0.717) is 18.1 Å². The smallest absolute Gasteiger partial charge is 0.307 e. The minimum Gasteiger partial charge on any atom is -0.490 e. The average molecular weight is 410 g/mol. The Hall–Kier alpha value is -2.07. The Kier molecular flexibility index (Phi) is 6.06. The molecule has 1 aliphatic heterocycles. The van der Waals surface area contributed by atoms with E-state index >= 15 is 0 Å². The number of carboxylic acids is 1. The lowest BCUT2D eigenvalue weighted by atomic mass is 9.72. The van der Waals surface area contributed by atoms with Crippen molar-refractivity contribution >= 4 is 16.7 Å². The highest BCUT2D eigenvalue weighted by atomic mass is 16.5. The minimum absolute atomic E-state index is 0.223. The maximum atomic E-state index is 11.2. The molecule has 4 nitrogen and oxygen atoms in total. The van der Waals surface area contributed by atoms with Crippen LogP contribution in [0.4, 0.5) is 0 Å². The summed E-state index contributed by atoms with van der Waals surface area (Å²) < 4.78 is 6.47. The number of rotatable bonds is 5. The third-order valence-corrected chi connectivity index (χ3v) is 7.13. The van der Waals surface area contributed by atoms with Gasteiger partial charge in [-0.05, 0) is 73.1 Å². The van der Waals surface area contributed by atoms with Crippen LogP contribution in [-0.4, -0.2) is 35.2 Å². The molecular formula is C26H35NO3. The van der Waals surface area contributed by atoms with E-state index in [4.69, 9.17) is 4.74 Å². The van der Waals surface area contributed by atoms with Gasteiger partial charge in [-0.1, -0.05) is 45.0 Å². The number of fused-ring (bicyclic) bond motifs is 1. The lowest BCUT2D eigenvalue weighted by Crippen LogP contribution is -2.30. The Labute approximate surface area is 180 Å².